The minimum Gasteiger partial charge on any atom is -0.363 e. The van der Waals surface area contributed by atoms with Crippen molar-refractivity contribution < 1.29 is 9.59 Å². The van der Waals surface area contributed by atoms with Crippen molar-refractivity contribution in [3.05, 3.63) is 41.1 Å². The van der Waals surface area contributed by atoms with Crippen molar-refractivity contribution in [2.45, 2.75) is 33.2 Å². The predicted molar refractivity (Wildman–Crippen MR) is 91.8 cm³/mol. The molecule has 0 aromatic heterocycles. The first-order chi connectivity index (χ1) is 10.8. The van der Waals surface area contributed by atoms with Crippen molar-refractivity contribution in [3.8, 4) is 0 Å². The summed E-state index contributed by atoms with van der Waals surface area (Å²) in [6.07, 6.45) is 3.96. The number of imide groups is 1. The van der Waals surface area contributed by atoms with E-state index in [0.29, 0.717) is 0 Å². The van der Waals surface area contributed by atoms with E-state index in [0.717, 1.165) is 17.7 Å². The number of urea groups is 1. The Morgan fingerprint density at radius 2 is 1.96 bits per heavy atom. The quantitative estimate of drug-likeness (QED) is 0.652. The molecule has 5 nitrogen and oxygen atoms in total. The third-order valence-electron chi connectivity index (χ3n) is 4.35. The summed E-state index contributed by atoms with van der Waals surface area (Å²) in [6, 6.07) is 5.64. The fourth-order valence-corrected chi connectivity index (χ4v) is 3.42. The SMILES string of the molecule is CCN1c2ccc(/C=C3\NC(=O)NC3=O)cc2C(C)=CC1(C)C. The largest absolute Gasteiger partial charge is 0.363 e. The summed E-state index contributed by atoms with van der Waals surface area (Å²) in [4.78, 5) is 25.2. The first-order valence-corrected chi connectivity index (χ1v) is 7.77. The van der Waals surface area contributed by atoms with Crippen LogP contribution in [0.5, 0.6) is 0 Å². The van der Waals surface area contributed by atoms with Crippen LogP contribution >= 0.6 is 0 Å². The van der Waals surface area contributed by atoms with Crippen LogP contribution < -0.4 is 15.5 Å². The van der Waals surface area contributed by atoms with Crippen LogP contribution in [0.4, 0.5) is 10.5 Å². The summed E-state index contributed by atoms with van der Waals surface area (Å²) in [5, 5.41) is 4.72. The number of hydrogen-bond donors (Lipinski definition) is 2. The van der Waals surface area contributed by atoms with Crippen LogP contribution in [0.2, 0.25) is 0 Å². The molecule has 3 amide bonds. The average molecular weight is 311 g/mol. The lowest BCUT2D eigenvalue weighted by Gasteiger charge is -2.42. The molecule has 5 heteroatoms. The van der Waals surface area contributed by atoms with Crippen LogP contribution in [0.3, 0.4) is 0 Å². The highest BCUT2D eigenvalue weighted by Crippen LogP contribution is 2.39. The van der Waals surface area contributed by atoms with Gasteiger partial charge in [-0.3, -0.25) is 10.1 Å². The average Bonchev–Trinajstić information content (AvgIpc) is 2.77. The lowest BCUT2D eigenvalue weighted by Crippen LogP contribution is -2.44. The molecule has 1 aromatic carbocycles. The van der Waals surface area contributed by atoms with Gasteiger partial charge < -0.3 is 10.2 Å². The number of carbonyl (C=O) groups excluding carboxylic acids is 2. The number of hydrogen-bond acceptors (Lipinski definition) is 3. The number of anilines is 1. The number of fused-ring (bicyclic) bond motifs is 1. The van der Waals surface area contributed by atoms with Gasteiger partial charge in [-0.15, -0.1) is 0 Å². The van der Waals surface area contributed by atoms with Crippen molar-refractivity contribution in [1.29, 1.82) is 0 Å². The highest BCUT2D eigenvalue weighted by atomic mass is 16.2. The molecule has 120 valence electrons. The lowest BCUT2D eigenvalue weighted by molar-refractivity contribution is -0.115. The van der Waals surface area contributed by atoms with E-state index in [4.69, 9.17) is 0 Å². The van der Waals surface area contributed by atoms with E-state index < -0.39 is 11.9 Å². The molecule has 0 spiro atoms. The van der Waals surface area contributed by atoms with Gasteiger partial charge in [0.1, 0.15) is 5.70 Å². The molecule has 1 aromatic rings. The van der Waals surface area contributed by atoms with E-state index in [9.17, 15) is 9.59 Å². The molecule has 2 heterocycles. The Morgan fingerprint density at radius 3 is 2.57 bits per heavy atom. The normalized spacial score (nSPS) is 21.0. The molecule has 0 unspecified atom stereocenters. The Kier molecular flexibility index (Phi) is 3.51. The Balaban J connectivity index is 2.03. The number of allylic oxidation sites excluding steroid dienone is 1. The molecule has 2 N–H and O–H groups in total. The maximum Gasteiger partial charge on any atom is 0.326 e. The number of benzene rings is 1. The third-order valence-corrected chi connectivity index (χ3v) is 4.35. The molecule has 0 bridgehead atoms. The Morgan fingerprint density at radius 1 is 1.22 bits per heavy atom. The second-order valence-electron chi connectivity index (χ2n) is 6.47. The van der Waals surface area contributed by atoms with Gasteiger partial charge in [0.05, 0.1) is 5.54 Å². The molecule has 0 atom stereocenters. The van der Waals surface area contributed by atoms with E-state index in [-0.39, 0.29) is 11.2 Å². The number of likely N-dealkylation sites (N-methyl/N-ethyl adjacent to an activating group) is 1. The van der Waals surface area contributed by atoms with Crippen molar-refractivity contribution in [2.75, 3.05) is 11.4 Å². The minimum absolute atomic E-state index is 0.0227. The summed E-state index contributed by atoms with van der Waals surface area (Å²) < 4.78 is 0. The Hall–Kier alpha value is -2.56. The third kappa shape index (κ3) is 2.63. The Labute approximate surface area is 136 Å². The lowest BCUT2D eigenvalue weighted by atomic mass is 9.88. The highest BCUT2D eigenvalue weighted by molar-refractivity contribution is 6.14. The molecule has 2 aliphatic heterocycles. The van der Waals surface area contributed by atoms with Crippen LogP contribution in [0.25, 0.3) is 11.6 Å². The molecular formula is C18H21N3O2. The van der Waals surface area contributed by atoms with Crippen molar-refractivity contribution in [1.82, 2.24) is 10.6 Å². The van der Waals surface area contributed by atoms with Gasteiger partial charge in [-0.25, -0.2) is 4.79 Å². The number of nitrogens with one attached hydrogen (secondary N) is 2. The number of carbonyl (C=O) groups is 2. The molecule has 23 heavy (non-hydrogen) atoms. The summed E-state index contributed by atoms with van der Waals surface area (Å²) in [5.41, 5.74) is 4.71. The van der Waals surface area contributed by atoms with E-state index in [1.54, 1.807) is 6.08 Å². The smallest absolute Gasteiger partial charge is 0.326 e. The zero-order chi connectivity index (χ0) is 16.8. The van der Waals surface area contributed by atoms with Crippen LogP contribution in [0.1, 0.15) is 38.8 Å². The highest BCUT2D eigenvalue weighted by Gasteiger charge is 2.30. The van der Waals surface area contributed by atoms with Crippen molar-refractivity contribution in [2.24, 2.45) is 0 Å². The van der Waals surface area contributed by atoms with Crippen molar-refractivity contribution >= 4 is 29.3 Å². The second kappa shape index (κ2) is 5.26. The molecular weight excluding hydrogens is 290 g/mol. The molecule has 0 radical (unpaired) electrons. The number of rotatable bonds is 2. The summed E-state index contributed by atoms with van der Waals surface area (Å²) >= 11 is 0. The van der Waals surface area contributed by atoms with Crippen LogP contribution in [-0.4, -0.2) is 24.0 Å². The molecule has 3 rings (SSSR count). The maximum atomic E-state index is 11.6. The molecule has 1 saturated heterocycles. The molecule has 2 aliphatic rings. The van der Waals surface area contributed by atoms with Gasteiger partial charge in [0.2, 0.25) is 0 Å². The number of nitrogens with zero attached hydrogens (tertiary/aromatic N) is 1. The van der Waals surface area contributed by atoms with Crippen LogP contribution in [0.15, 0.2) is 30.0 Å². The van der Waals surface area contributed by atoms with Gasteiger partial charge in [-0.1, -0.05) is 12.1 Å². The van der Waals surface area contributed by atoms with Gasteiger partial charge in [-0.2, -0.15) is 0 Å². The summed E-state index contributed by atoms with van der Waals surface area (Å²) in [7, 11) is 0. The van der Waals surface area contributed by atoms with Gasteiger partial charge in [-0.05, 0) is 57.0 Å². The van der Waals surface area contributed by atoms with Crippen LogP contribution in [-0.2, 0) is 4.79 Å². The molecule has 0 saturated carbocycles. The predicted octanol–water partition coefficient (Wildman–Crippen LogP) is 2.89. The van der Waals surface area contributed by atoms with Gasteiger partial charge >= 0.3 is 6.03 Å². The fourth-order valence-electron chi connectivity index (χ4n) is 3.42. The molecule has 1 fully saturated rings. The minimum atomic E-state index is -0.478. The summed E-state index contributed by atoms with van der Waals surface area (Å²) in [5.74, 6) is -0.392. The second-order valence-corrected chi connectivity index (χ2v) is 6.47. The van der Waals surface area contributed by atoms with Gasteiger partial charge in [0.15, 0.2) is 0 Å². The van der Waals surface area contributed by atoms with Gasteiger partial charge in [0, 0.05) is 17.8 Å². The Bertz CT molecular complexity index is 760. The maximum absolute atomic E-state index is 11.6. The van der Waals surface area contributed by atoms with Crippen LogP contribution in [0, 0.1) is 0 Å². The first kappa shape index (κ1) is 15.3. The monoisotopic (exact) mass is 311 g/mol. The van der Waals surface area contributed by atoms with E-state index >= 15 is 0 Å². The van der Waals surface area contributed by atoms with E-state index in [1.165, 1.54) is 11.3 Å². The zero-order valence-corrected chi connectivity index (χ0v) is 13.9. The standard InChI is InChI=1S/C18H21N3O2/c1-5-21-15-7-6-12(9-14-16(22)20-17(23)19-14)8-13(15)11(2)10-18(21,3)4/h6-10H,5H2,1-4H3,(H2,19,20,22,23)/b14-9-. The van der Waals surface area contributed by atoms with E-state index in [1.807, 2.05) is 6.07 Å². The molecule has 0 aliphatic carbocycles. The summed E-state index contributed by atoms with van der Waals surface area (Å²) in [6.45, 7) is 9.58. The fraction of sp³-hybridized carbons (Fsp3) is 0.333. The first-order valence-electron chi connectivity index (χ1n) is 7.77. The number of amides is 3. The topological polar surface area (TPSA) is 61.4 Å². The van der Waals surface area contributed by atoms with E-state index in [2.05, 4.69) is 61.4 Å². The van der Waals surface area contributed by atoms with Crippen molar-refractivity contribution in [3.63, 3.8) is 0 Å². The zero-order valence-electron chi connectivity index (χ0n) is 13.9. The van der Waals surface area contributed by atoms with Gasteiger partial charge in [0.25, 0.3) is 5.91 Å².